The second kappa shape index (κ2) is 7.24. The molecule has 0 aliphatic rings. The quantitative estimate of drug-likeness (QED) is 0.327. The molecule has 0 aromatic rings. The van der Waals surface area contributed by atoms with E-state index < -0.39 is 17.6 Å². The molecule has 6 nitrogen and oxygen atoms in total. The van der Waals surface area contributed by atoms with Crippen LogP contribution in [0.5, 0.6) is 0 Å². The summed E-state index contributed by atoms with van der Waals surface area (Å²) in [4.78, 5) is 22.9. The van der Waals surface area contributed by atoms with Crippen molar-refractivity contribution in [3.05, 3.63) is 0 Å². The van der Waals surface area contributed by atoms with Crippen molar-refractivity contribution < 1.29 is 14.3 Å². The molecule has 6 heteroatoms. The highest BCUT2D eigenvalue weighted by Gasteiger charge is 2.24. The summed E-state index contributed by atoms with van der Waals surface area (Å²) in [6.07, 6.45) is 1.80. The predicted octanol–water partition coefficient (Wildman–Crippen LogP) is 1.14. The van der Waals surface area contributed by atoms with Crippen LogP contribution in [0.1, 0.15) is 46.5 Å². The van der Waals surface area contributed by atoms with Crippen molar-refractivity contribution in [3.8, 4) is 0 Å². The Bertz CT molecular complexity index is 261. The van der Waals surface area contributed by atoms with Gasteiger partial charge >= 0.3 is 6.09 Å². The molecule has 2 amide bonds. The minimum absolute atomic E-state index is 0.232. The number of amides is 2. The monoisotopic (exact) mass is 245 g/mol. The lowest BCUT2D eigenvalue weighted by molar-refractivity contribution is -0.130. The van der Waals surface area contributed by atoms with Gasteiger partial charge in [0.15, 0.2) is 0 Å². The van der Waals surface area contributed by atoms with Crippen LogP contribution in [-0.2, 0) is 9.53 Å². The zero-order valence-corrected chi connectivity index (χ0v) is 10.9. The Kier molecular flexibility index (Phi) is 6.75. The number of nitrogens with two attached hydrogens (primary N) is 2. The van der Waals surface area contributed by atoms with Crippen LogP contribution in [0.2, 0.25) is 0 Å². The summed E-state index contributed by atoms with van der Waals surface area (Å²) < 4.78 is 4.97. The van der Waals surface area contributed by atoms with Crippen LogP contribution in [0.15, 0.2) is 0 Å². The number of unbranched alkanes of at least 4 members (excludes halogenated alkanes) is 2. The zero-order valence-electron chi connectivity index (χ0n) is 10.9. The van der Waals surface area contributed by atoms with Crippen LogP contribution in [0.3, 0.4) is 0 Å². The van der Waals surface area contributed by atoms with E-state index in [4.69, 9.17) is 16.3 Å². The van der Waals surface area contributed by atoms with Crippen molar-refractivity contribution in [2.75, 3.05) is 6.54 Å². The van der Waals surface area contributed by atoms with E-state index in [1.807, 2.05) is 0 Å². The molecule has 100 valence electrons. The highest BCUT2D eigenvalue weighted by atomic mass is 16.6. The van der Waals surface area contributed by atoms with E-state index in [1.54, 1.807) is 20.8 Å². The minimum atomic E-state index is -0.818. The van der Waals surface area contributed by atoms with Crippen molar-refractivity contribution in [2.45, 2.75) is 52.1 Å². The van der Waals surface area contributed by atoms with Gasteiger partial charge in [-0.1, -0.05) is 6.42 Å². The fraction of sp³-hybridized carbons (Fsp3) is 0.818. The van der Waals surface area contributed by atoms with Gasteiger partial charge in [0, 0.05) is 6.42 Å². The summed E-state index contributed by atoms with van der Waals surface area (Å²) in [5, 5.41) is 0.535. The summed E-state index contributed by atoms with van der Waals surface area (Å²) in [6, 6.07) is 0. The van der Waals surface area contributed by atoms with E-state index in [2.05, 4.69) is 0 Å². The molecule has 0 radical (unpaired) electrons. The third-order valence-corrected chi connectivity index (χ3v) is 1.95. The smallest absolute Gasteiger partial charge is 0.431 e. The third kappa shape index (κ3) is 7.70. The van der Waals surface area contributed by atoms with Crippen LogP contribution in [0.4, 0.5) is 4.79 Å². The number of rotatable bonds is 5. The van der Waals surface area contributed by atoms with E-state index in [-0.39, 0.29) is 6.42 Å². The van der Waals surface area contributed by atoms with Crippen molar-refractivity contribution in [1.29, 1.82) is 0 Å². The normalized spacial score (nSPS) is 11.1. The first kappa shape index (κ1) is 15.9. The third-order valence-electron chi connectivity index (χ3n) is 1.95. The first-order chi connectivity index (χ1) is 7.78. The SMILES string of the molecule is CC(C)(C)OC(=O)N(N)C(=O)CCCCCN. The number of carbonyl (C=O) groups excluding carboxylic acids is 2. The van der Waals surface area contributed by atoms with Crippen LogP contribution in [-0.4, -0.2) is 29.2 Å². The van der Waals surface area contributed by atoms with E-state index in [9.17, 15) is 9.59 Å². The Hall–Kier alpha value is -1.14. The van der Waals surface area contributed by atoms with Gasteiger partial charge in [-0.2, -0.15) is 5.01 Å². The first-order valence-electron chi connectivity index (χ1n) is 5.78. The Morgan fingerprint density at radius 3 is 2.24 bits per heavy atom. The molecule has 0 fully saturated rings. The van der Waals surface area contributed by atoms with Crippen molar-refractivity contribution in [2.24, 2.45) is 11.6 Å². The highest BCUT2D eigenvalue weighted by molar-refractivity contribution is 5.91. The van der Waals surface area contributed by atoms with Gasteiger partial charge in [-0.25, -0.2) is 10.6 Å². The molecule has 0 bridgehead atoms. The molecule has 0 aromatic heterocycles. The molecule has 0 saturated heterocycles. The summed E-state index contributed by atoms with van der Waals surface area (Å²) in [7, 11) is 0. The Morgan fingerprint density at radius 2 is 1.76 bits per heavy atom. The fourth-order valence-corrected chi connectivity index (χ4v) is 1.13. The average Bonchev–Trinajstić information content (AvgIpc) is 2.20. The van der Waals surface area contributed by atoms with Gasteiger partial charge in [0.2, 0.25) is 5.91 Å². The lowest BCUT2D eigenvalue weighted by atomic mass is 10.2. The summed E-state index contributed by atoms with van der Waals surface area (Å²) in [5.41, 5.74) is 4.67. The van der Waals surface area contributed by atoms with E-state index in [0.717, 1.165) is 12.8 Å². The molecule has 0 heterocycles. The topological polar surface area (TPSA) is 98.6 Å². The summed E-state index contributed by atoms with van der Waals surface area (Å²) >= 11 is 0. The van der Waals surface area contributed by atoms with Gasteiger partial charge in [0.1, 0.15) is 5.60 Å². The summed E-state index contributed by atoms with van der Waals surface area (Å²) in [5.74, 6) is 4.93. The maximum absolute atomic E-state index is 11.5. The van der Waals surface area contributed by atoms with Crippen molar-refractivity contribution >= 4 is 12.0 Å². The maximum Gasteiger partial charge on any atom is 0.431 e. The largest absolute Gasteiger partial charge is 0.442 e. The molecule has 0 saturated carbocycles. The molecule has 0 aliphatic carbocycles. The number of imide groups is 1. The van der Waals surface area contributed by atoms with Crippen molar-refractivity contribution in [1.82, 2.24) is 5.01 Å². The molecule has 0 atom stereocenters. The number of hydrazine groups is 1. The lowest BCUT2D eigenvalue weighted by Crippen LogP contribution is -2.45. The standard InChI is InChI=1S/C11H23N3O3/c1-11(2,3)17-10(16)14(13)9(15)7-5-4-6-8-12/h4-8,12-13H2,1-3H3. The van der Waals surface area contributed by atoms with Gasteiger partial charge < -0.3 is 10.5 Å². The van der Waals surface area contributed by atoms with Gasteiger partial charge in [-0.3, -0.25) is 4.79 Å². The molecular weight excluding hydrogens is 222 g/mol. The second-order valence-corrected chi connectivity index (χ2v) is 4.84. The molecule has 0 spiro atoms. The van der Waals surface area contributed by atoms with Gasteiger partial charge in [0.25, 0.3) is 0 Å². The Balaban J connectivity index is 3.99. The zero-order chi connectivity index (χ0) is 13.5. The van der Waals surface area contributed by atoms with Gasteiger partial charge in [-0.15, -0.1) is 0 Å². The van der Waals surface area contributed by atoms with E-state index >= 15 is 0 Å². The molecule has 4 N–H and O–H groups in total. The molecule has 0 aromatic carbocycles. The van der Waals surface area contributed by atoms with Gasteiger partial charge in [-0.05, 0) is 40.2 Å². The number of hydrogen-bond acceptors (Lipinski definition) is 5. The minimum Gasteiger partial charge on any atom is -0.442 e. The first-order valence-corrected chi connectivity index (χ1v) is 5.78. The number of ether oxygens (including phenoxy) is 1. The molecule has 0 aliphatic heterocycles. The number of carbonyl (C=O) groups is 2. The Labute approximate surface area is 102 Å². The fourth-order valence-electron chi connectivity index (χ4n) is 1.13. The second-order valence-electron chi connectivity index (χ2n) is 4.84. The predicted molar refractivity (Wildman–Crippen MR) is 64.8 cm³/mol. The number of nitrogens with zero attached hydrogens (tertiary/aromatic N) is 1. The summed E-state index contributed by atoms with van der Waals surface area (Å²) in [6.45, 7) is 5.74. The van der Waals surface area contributed by atoms with Crippen molar-refractivity contribution in [3.63, 3.8) is 0 Å². The van der Waals surface area contributed by atoms with Crippen LogP contribution in [0, 0.1) is 0 Å². The van der Waals surface area contributed by atoms with Crippen LogP contribution >= 0.6 is 0 Å². The van der Waals surface area contributed by atoms with E-state index in [1.165, 1.54) is 0 Å². The molecule has 17 heavy (non-hydrogen) atoms. The average molecular weight is 245 g/mol. The van der Waals surface area contributed by atoms with Crippen LogP contribution in [0.25, 0.3) is 0 Å². The molecule has 0 rings (SSSR count). The molecular formula is C11H23N3O3. The Morgan fingerprint density at radius 1 is 1.18 bits per heavy atom. The van der Waals surface area contributed by atoms with Gasteiger partial charge in [0.05, 0.1) is 0 Å². The van der Waals surface area contributed by atoms with E-state index in [0.29, 0.717) is 18.0 Å². The highest BCUT2D eigenvalue weighted by Crippen LogP contribution is 2.09. The number of hydrogen-bond donors (Lipinski definition) is 2. The lowest BCUT2D eigenvalue weighted by Gasteiger charge is -2.23. The maximum atomic E-state index is 11.5. The van der Waals surface area contributed by atoms with Crippen LogP contribution < -0.4 is 11.6 Å². The molecule has 0 unspecified atom stereocenters.